The number of nitrogens with zero attached hydrogens (tertiary/aromatic N) is 2. The van der Waals surface area contributed by atoms with Crippen LogP contribution in [-0.2, 0) is 4.74 Å². The fraction of sp³-hybridized carbons (Fsp3) is 0.500. The van der Waals surface area contributed by atoms with Crippen molar-refractivity contribution >= 4 is 22.0 Å². The van der Waals surface area contributed by atoms with E-state index in [0.717, 1.165) is 39.2 Å². The Kier molecular flexibility index (Phi) is 5.51. The first-order chi connectivity index (χ1) is 12.6. The van der Waals surface area contributed by atoms with Crippen LogP contribution in [0.3, 0.4) is 0 Å². The van der Waals surface area contributed by atoms with Gasteiger partial charge in [0.2, 0.25) is 0 Å². The molecule has 3 rings (SSSR count). The Morgan fingerprint density at radius 3 is 2.70 bits per heavy atom. The lowest BCUT2D eigenvalue weighted by Crippen LogP contribution is -2.36. The van der Waals surface area contributed by atoms with Crippen molar-refractivity contribution in [3.63, 3.8) is 0 Å². The van der Waals surface area contributed by atoms with Gasteiger partial charge in [-0.3, -0.25) is 0 Å². The molecule has 0 bridgehead atoms. The number of hydrogen-bond acceptors (Lipinski definition) is 5. The molecule has 1 aromatic heterocycles. The first-order valence-corrected chi connectivity index (χ1v) is 9.81. The summed E-state index contributed by atoms with van der Waals surface area (Å²) >= 11 is 3.55. The molecule has 1 amide bonds. The molecule has 1 saturated heterocycles. The second-order valence-electron chi connectivity index (χ2n) is 7.80. The Morgan fingerprint density at radius 1 is 1.33 bits per heavy atom. The highest BCUT2D eigenvalue weighted by atomic mass is 79.9. The van der Waals surface area contributed by atoms with Gasteiger partial charge in [0, 0.05) is 18.5 Å². The van der Waals surface area contributed by atoms with Crippen LogP contribution in [0.5, 0.6) is 5.75 Å². The van der Waals surface area contributed by atoms with Crippen LogP contribution in [0.1, 0.15) is 38.6 Å². The predicted octanol–water partition coefficient (Wildman–Crippen LogP) is 5.11. The number of halogens is 1. The van der Waals surface area contributed by atoms with E-state index in [1.807, 2.05) is 52.8 Å². The van der Waals surface area contributed by atoms with Crippen LogP contribution in [0, 0.1) is 13.8 Å². The van der Waals surface area contributed by atoms with E-state index < -0.39 is 5.60 Å². The van der Waals surface area contributed by atoms with Gasteiger partial charge >= 0.3 is 6.09 Å². The smallest absolute Gasteiger partial charge is 0.410 e. The van der Waals surface area contributed by atoms with E-state index in [0.29, 0.717) is 13.1 Å². The molecule has 7 heteroatoms. The molecule has 1 atom stereocenters. The Labute approximate surface area is 167 Å². The fourth-order valence-corrected chi connectivity index (χ4v) is 3.48. The molecule has 1 fully saturated rings. The number of benzene rings is 1. The van der Waals surface area contributed by atoms with Crippen molar-refractivity contribution in [2.24, 2.45) is 0 Å². The van der Waals surface area contributed by atoms with Crippen LogP contribution in [-0.4, -0.2) is 40.9 Å². The van der Waals surface area contributed by atoms with Crippen LogP contribution < -0.4 is 4.74 Å². The molecule has 0 N–H and O–H groups in total. The lowest BCUT2D eigenvalue weighted by atomic mass is 10.0. The second kappa shape index (κ2) is 7.54. The summed E-state index contributed by atoms with van der Waals surface area (Å²) in [5.74, 6) is 1.52. The third kappa shape index (κ3) is 4.64. The van der Waals surface area contributed by atoms with Gasteiger partial charge in [-0.1, -0.05) is 11.2 Å². The molecule has 0 saturated carbocycles. The second-order valence-corrected chi connectivity index (χ2v) is 8.65. The SMILES string of the molecule is Cc1noc(C)c1-c1ccc(Br)c(O[C@H]2CCN(C(=O)OC(C)(C)C)C2)c1. The molecule has 6 nitrogen and oxygen atoms in total. The fourth-order valence-electron chi connectivity index (χ4n) is 3.14. The maximum atomic E-state index is 12.2. The lowest BCUT2D eigenvalue weighted by Gasteiger charge is -2.24. The zero-order chi connectivity index (χ0) is 19.8. The van der Waals surface area contributed by atoms with Crippen molar-refractivity contribution < 1.29 is 18.8 Å². The van der Waals surface area contributed by atoms with Gasteiger partial charge in [-0.15, -0.1) is 0 Å². The molecule has 1 aliphatic rings. The van der Waals surface area contributed by atoms with E-state index in [9.17, 15) is 4.79 Å². The molecule has 2 aromatic rings. The van der Waals surface area contributed by atoms with E-state index in [1.165, 1.54) is 0 Å². The standard InChI is InChI=1S/C20H25BrN2O4/c1-12-18(13(2)27-22-12)14-6-7-16(21)17(10-14)25-15-8-9-23(11-15)19(24)26-20(3,4)5/h6-7,10,15H,8-9,11H2,1-5H3/t15-/m0/s1. The summed E-state index contributed by atoms with van der Waals surface area (Å²) in [4.78, 5) is 13.9. The van der Waals surface area contributed by atoms with Crippen molar-refractivity contribution in [1.29, 1.82) is 0 Å². The molecule has 2 heterocycles. The van der Waals surface area contributed by atoms with E-state index in [1.54, 1.807) is 4.90 Å². The van der Waals surface area contributed by atoms with Crippen molar-refractivity contribution in [1.82, 2.24) is 10.1 Å². The van der Waals surface area contributed by atoms with Crippen LogP contribution in [0.15, 0.2) is 27.2 Å². The van der Waals surface area contributed by atoms with Gasteiger partial charge in [0.05, 0.1) is 16.7 Å². The van der Waals surface area contributed by atoms with E-state index >= 15 is 0 Å². The zero-order valence-electron chi connectivity index (χ0n) is 16.3. The average molecular weight is 437 g/mol. The Balaban J connectivity index is 1.72. The van der Waals surface area contributed by atoms with Crippen molar-refractivity contribution in [3.8, 4) is 16.9 Å². The molecule has 0 spiro atoms. The van der Waals surface area contributed by atoms with E-state index in [2.05, 4.69) is 21.1 Å². The molecule has 1 aliphatic heterocycles. The van der Waals surface area contributed by atoms with Crippen molar-refractivity contribution in [3.05, 3.63) is 34.1 Å². The van der Waals surface area contributed by atoms with E-state index in [4.69, 9.17) is 14.0 Å². The molecule has 27 heavy (non-hydrogen) atoms. The minimum atomic E-state index is -0.498. The minimum absolute atomic E-state index is 0.0752. The van der Waals surface area contributed by atoms with Gasteiger partial charge in [0.1, 0.15) is 23.2 Å². The zero-order valence-corrected chi connectivity index (χ0v) is 17.9. The molecular weight excluding hydrogens is 412 g/mol. The first-order valence-electron chi connectivity index (χ1n) is 9.01. The number of carbonyl (C=O) groups is 1. The molecule has 0 unspecified atom stereocenters. The maximum absolute atomic E-state index is 12.2. The molecular formula is C20H25BrN2O4. The highest BCUT2D eigenvalue weighted by Crippen LogP contribution is 2.35. The van der Waals surface area contributed by atoms with Gasteiger partial charge in [0.25, 0.3) is 0 Å². The number of hydrogen-bond donors (Lipinski definition) is 0. The van der Waals surface area contributed by atoms with Gasteiger partial charge in [-0.25, -0.2) is 4.79 Å². The van der Waals surface area contributed by atoms with Crippen LogP contribution in [0.2, 0.25) is 0 Å². The summed E-state index contributed by atoms with van der Waals surface area (Å²) < 4.78 is 17.8. The van der Waals surface area contributed by atoms with Crippen molar-refractivity contribution in [2.75, 3.05) is 13.1 Å². The molecule has 1 aromatic carbocycles. The topological polar surface area (TPSA) is 64.8 Å². The van der Waals surface area contributed by atoms with E-state index in [-0.39, 0.29) is 12.2 Å². The van der Waals surface area contributed by atoms with Crippen LogP contribution in [0.25, 0.3) is 11.1 Å². The van der Waals surface area contributed by atoms with Gasteiger partial charge in [-0.05, 0) is 68.2 Å². The van der Waals surface area contributed by atoms with Gasteiger partial charge in [0.15, 0.2) is 0 Å². The monoisotopic (exact) mass is 436 g/mol. The minimum Gasteiger partial charge on any atom is -0.487 e. The summed E-state index contributed by atoms with van der Waals surface area (Å²) in [7, 11) is 0. The molecule has 0 radical (unpaired) electrons. The van der Waals surface area contributed by atoms with Crippen LogP contribution in [0.4, 0.5) is 4.79 Å². The predicted molar refractivity (Wildman–Crippen MR) is 106 cm³/mol. The molecule has 146 valence electrons. The largest absolute Gasteiger partial charge is 0.487 e. The summed E-state index contributed by atoms with van der Waals surface area (Å²) in [6.07, 6.45) is 0.396. The normalized spacial score (nSPS) is 17.3. The third-order valence-corrected chi connectivity index (χ3v) is 5.00. The third-order valence-electron chi connectivity index (χ3n) is 4.34. The number of aryl methyl sites for hydroxylation is 2. The van der Waals surface area contributed by atoms with Crippen molar-refractivity contribution in [2.45, 2.75) is 52.7 Å². The average Bonchev–Trinajstić information content (AvgIpc) is 3.15. The Bertz CT molecular complexity index is 821. The lowest BCUT2D eigenvalue weighted by molar-refractivity contribution is 0.0275. The number of rotatable bonds is 3. The Morgan fingerprint density at radius 2 is 2.07 bits per heavy atom. The highest BCUT2D eigenvalue weighted by Gasteiger charge is 2.31. The highest BCUT2D eigenvalue weighted by molar-refractivity contribution is 9.10. The van der Waals surface area contributed by atoms with Crippen LogP contribution >= 0.6 is 15.9 Å². The number of aromatic nitrogens is 1. The number of likely N-dealkylation sites (tertiary alicyclic amines) is 1. The van der Waals surface area contributed by atoms with Gasteiger partial charge < -0.3 is 18.9 Å². The Hall–Kier alpha value is -2.02. The summed E-state index contributed by atoms with van der Waals surface area (Å²) in [5.41, 5.74) is 2.32. The quantitative estimate of drug-likeness (QED) is 0.668. The number of carbonyl (C=O) groups excluding carboxylic acids is 1. The number of ether oxygens (including phenoxy) is 2. The molecule has 0 aliphatic carbocycles. The first kappa shape index (κ1) is 19.7. The maximum Gasteiger partial charge on any atom is 0.410 e. The van der Waals surface area contributed by atoms with Gasteiger partial charge in [-0.2, -0.15) is 0 Å². The summed E-state index contributed by atoms with van der Waals surface area (Å²) in [6, 6.07) is 5.94. The summed E-state index contributed by atoms with van der Waals surface area (Å²) in [6.45, 7) is 10.6. The summed E-state index contributed by atoms with van der Waals surface area (Å²) in [5, 5.41) is 4.02. The number of amides is 1.